The van der Waals surface area contributed by atoms with Crippen molar-refractivity contribution in [1.82, 2.24) is 9.55 Å². The van der Waals surface area contributed by atoms with Gasteiger partial charge < -0.3 is 9.67 Å². The van der Waals surface area contributed by atoms with Crippen molar-refractivity contribution in [1.29, 1.82) is 5.26 Å². The van der Waals surface area contributed by atoms with Gasteiger partial charge in [-0.25, -0.2) is 4.98 Å². The second-order valence-corrected chi connectivity index (χ2v) is 8.91. The molecule has 0 saturated heterocycles. The molecular formula is C31H33N3O. The fourth-order valence-corrected chi connectivity index (χ4v) is 5.08. The van der Waals surface area contributed by atoms with Crippen LogP contribution in [0.1, 0.15) is 72.9 Å². The summed E-state index contributed by atoms with van der Waals surface area (Å²) < 4.78 is 2.16. The summed E-state index contributed by atoms with van der Waals surface area (Å²) >= 11 is 0. The predicted octanol–water partition coefficient (Wildman–Crippen LogP) is 6.42. The van der Waals surface area contributed by atoms with E-state index in [4.69, 9.17) is 4.98 Å². The lowest BCUT2D eigenvalue weighted by molar-refractivity contribution is 0.260. The number of nitriles is 1. The van der Waals surface area contributed by atoms with Crippen molar-refractivity contribution in [2.45, 2.75) is 51.0 Å². The first-order chi connectivity index (χ1) is 17.2. The Kier molecular flexibility index (Phi) is 7.80. The van der Waals surface area contributed by atoms with Crippen LogP contribution >= 0.6 is 0 Å². The van der Waals surface area contributed by atoms with Crippen LogP contribution < -0.4 is 0 Å². The van der Waals surface area contributed by atoms with E-state index < -0.39 is 5.54 Å². The molecular weight excluding hydrogens is 430 g/mol. The lowest BCUT2D eigenvalue weighted by Crippen LogP contribution is -2.40. The molecule has 1 aromatic heterocycles. The lowest BCUT2D eigenvalue weighted by atomic mass is 9.76. The van der Waals surface area contributed by atoms with Crippen LogP contribution in [0.4, 0.5) is 0 Å². The van der Waals surface area contributed by atoms with Gasteiger partial charge in [0.25, 0.3) is 0 Å². The molecule has 4 nitrogen and oxygen atoms in total. The second kappa shape index (κ2) is 11.2. The summed E-state index contributed by atoms with van der Waals surface area (Å²) in [6.45, 7) is 4.16. The molecule has 0 fully saturated rings. The van der Waals surface area contributed by atoms with Crippen molar-refractivity contribution < 1.29 is 5.11 Å². The summed E-state index contributed by atoms with van der Waals surface area (Å²) in [5, 5.41) is 20.8. The smallest absolute Gasteiger partial charge is 0.145 e. The van der Waals surface area contributed by atoms with E-state index in [1.807, 2.05) is 61.5 Å². The van der Waals surface area contributed by atoms with E-state index in [-0.39, 0.29) is 12.5 Å². The normalized spacial score (nSPS) is 12.3. The van der Waals surface area contributed by atoms with E-state index in [0.717, 1.165) is 41.8 Å². The van der Waals surface area contributed by atoms with Crippen molar-refractivity contribution >= 4 is 0 Å². The van der Waals surface area contributed by atoms with Gasteiger partial charge in [-0.05, 0) is 29.5 Å². The largest absolute Gasteiger partial charge is 0.396 e. The first kappa shape index (κ1) is 24.4. The number of benzene rings is 3. The summed E-state index contributed by atoms with van der Waals surface area (Å²) in [6, 6.07) is 33.7. The summed E-state index contributed by atoms with van der Waals surface area (Å²) in [5.41, 5.74) is 3.61. The van der Waals surface area contributed by atoms with E-state index in [9.17, 15) is 10.4 Å². The third-order valence-corrected chi connectivity index (χ3v) is 6.84. The number of unbranched alkanes of at least 4 members (excludes halogenated alkanes) is 1. The highest BCUT2D eigenvalue weighted by Gasteiger charge is 2.42. The summed E-state index contributed by atoms with van der Waals surface area (Å²) in [7, 11) is 0. The van der Waals surface area contributed by atoms with Gasteiger partial charge in [-0.1, -0.05) is 111 Å². The fraction of sp³-hybridized carbons (Fsp3) is 0.290. The molecule has 4 rings (SSSR count). The van der Waals surface area contributed by atoms with Crippen LogP contribution in [0.15, 0.2) is 91.0 Å². The number of nitrogens with zero attached hydrogens (tertiary/aromatic N) is 3. The van der Waals surface area contributed by atoms with Crippen molar-refractivity contribution in [2.75, 3.05) is 6.61 Å². The zero-order valence-electron chi connectivity index (χ0n) is 20.6. The average molecular weight is 464 g/mol. The van der Waals surface area contributed by atoms with E-state index >= 15 is 0 Å². The second-order valence-electron chi connectivity index (χ2n) is 8.91. The van der Waals surface area contributed by atoms with E-state index in [1.165, 1.54) is 0 Å². The number of aryl methyl sites for hydroxylation is 1. The summed E-state index contributed by atoms with van der Waals surface area (Å²) in [4.78, 5) is 5.08. The predicted molar refractivity (Wildman–Crippen MR) is 140 cm³/mol. The minimum Gasteiger partial charge on any atom is -0.396 e. The number of hydrogen-bond acceptors (Lipinski definition) is 3. The Balaban J connectivity index is 2.20. The SMILES string of the molecule is CCCCc1nc(C(CC)CO)c(C#N)n1C(c1ccccc1)(c1ccccc1)c1ccccc1. The average Bonchev–Trinajstić information content (AvgIpc) is 3.29. The molecule has 4 aromatic rings. The highest BCUT2D eigenvalue weighted by atomic mass is 16.3. The van der Waals surface area contributed by atoms with Crippen LogP contribution in [0.2, 0.25) is 0 Å². The quantitative estimate of drug-likeness (QED) is 0.276. The van der Waals surface area contributed by atoms with Crippen molar-refractivity contribution in [2.24, 2.45) is 0 Å². The first-order valence-corrected chi connectivity index (χ1v) is 12.5. The fourth-order valence-electron chi connectivity index (χ4n) is 5.08. The van der Waals surface area contributed by atoms with Gasteiger partial charge in [0.1, 0.15) is 23.1 Å². The van der Waals surface area contributed by atoms with Crippen LogP contribution in [0.3, 0.4) is 0 Å². The summed E-state index contributed by atoms with van der Waals surface area (Å²) in [6.07, 6.45) is 3.45. The zero-order chi connectivity index (χ0) is 24.7. The molecule has 0 bridgehead atoms. The molecule has 35 heavy (non-hydrogen) atoms. The number of imidazole rings is 1. The van der Waals surface area contributed by atoms with E-state index in [2.05, 4.69) is 54.0 Å². The van der Waals surface area contributed by atoms with Crippen molar-refractivity contribution in [3.8, 4) is 6.07 Å². The number of rotatable bonds is 10. The molecule has 0 radical (unpaired) electrons. The van der Waals surface area contributed by atoms with Gasteiger partial charge in [0, 0.05) is 12.3 Å². The minimum atomic E-state index is -0.795. The maximum Gasteiger partial charge on any atom is 0.145 e. The molecule has 3 aromatic carbocycles. The number of hydrogen-bond donors (Lipinski definition) is 1. The molecule has 178 valence electrons. The molecule has 1 atom stereocenters. The number of aliphatic hydroxyl groups excluding tert-OH is 1. The highest BCUT2D eigenvalue weighted by molar-refractivity contribution is 5.53. The third-order valence-electron chi connectivity index (χ3n) is 6.84. The van der Waals surface area contributed by atoms with Gasteiger partial charge >= 0.3 is 0 Å². The first-order valence-electron chi connectivity index (χ1n) is 12.5. The Morgan fingerprint density at radius 3 is 1.71 bits per heavy atom. The van der Waals surface area contributed by atoms with Crippen molar-refractivity contribution in [3.63, 3.8) is 0 Å². The van der Waals surface area contributed by atoms with E-state index in [0.29, 0.717) is 17.8 Å². The Morgan fingerprint density at radius 1 is 0.857 bits per heavy atom. The Morgan fingerprint density at radius 2 is 1.34 bits per heavy atom. The van der Waals surface area contributed by atoms with Gasteiger partial charge in [-0.15, -0.1) is 0 Å². The van der Waals surface area contributed by atoms with Crippen LogP contribution in [-0.2, 0) is 12.0 Å². The van der Waals surface area contributed by atoms with Gasteiger partial charge in [0.05, 0.1) is 12.3 Å². The highest BCUT2D eigenvalue weighted by Crippen LogP contribution is 2.44. The molecule has 1 unspecified atom stereocenters. The number of aliphatic hydroxyl groups is 1. The Labute approximate surface area is 208 Å². The van der Waals surface area contributed by atoms with Crippen LogP contribution in [0.25, 0.3) is 0 Å². The monoisotopic (exact) mass is 463 g/mol. The minimum absolute atomic E-state index is 0.0373. The molecule has 0 aliphatic rings. The van der Waals surface area contributed by atoms with Crippen LogP contribution in [-0.4, -0.2) is 21.3 Å². The number of aromatic nitrogens is 2. The lowest BCUT2D eigenvalue weighted by Gasteiger charge is -2.39. The maximum absolute atomic E-state index is 10.6. The topological polar surface area (TPSA) is 61.8 Å². The molecule has 0 aliphatic carbocycles. The van der Waals surface area contributed by atoms with Gasteiger partial charge in [-0.2, -0.15) is 5.26 Å². The Bertz CT molecular complexity index is 1160. The molecule has 0 amide bonds. The Hall–Kier alpha value is -3.68. The molecule has 0 spiro atoms. The van der Waals surface area contributed by atoms with E-state index in [1.54, 1.807) is 0 Å². The van der Waals surface area contributed by atoms with Crippen LogP contribution in [0.5, 0.6) is 0 Å². The standard InChI is InChI=1S/C31H33N3O/c1-3-5-21-29-33-30(24(4-2)23-35)28(22-32)34(29)31(25-15-9-6-10-16-25,26-17-11-7-12-18-26)27-19-13-8-14-20-27/h6-20,24,35H,3-5,21,23H2,1-2H3. The van der Waals surface area contributed by atoms with Crippen LogP contribution in [0, 0.1) is 11.3 Å². The van der Waals surface area contributed by atoms with Gasteiger partial charge in [-0.3, -0.25) is 0 Å². The van der Waals surface area contributed by atoms with Gasteiger partial charge in [0.15, 0.2) is 0 Å². The zero-order valence-corrected chi connectivity index (χ0v) is 20.6. The maximum atomic E-state index is 10.6. The summed E-state index contributed by atoms with van der Waals surface area (Å²) in [5.74, 6) is 0.688. The third kappa shape index (κ3) is 4.40. The molecule has 0 saturated carbocycles. The van der Waals surface area contributed by atoms with Gasteiger partial charge in [0.2, 0.25) is 0 Å². The molecule has 0 aliphatic heterocycles. The molecule has 1 heterocycles. The molecule has 4 heteroatoms. The molecule has 1 N–H and O–H groups in total. The van der Waals surface area contributed by atoms with Crippen molar-refractivity contribution in [3.05, 3.63) is 125 Å².